The highest BCUT2D eigenvalue weighted by molar-refractivity contribution is 7.92. The van der Waals surface area contributed by atoms with Gasteiger partial charge in [-0.2, -0.15) is 4.98 Å². The SMILES string of the molecule is CCS(=O)(=O)[C@@H](C)C(=O)NCCc1noc(C(C)C)n1. The van der Waals surface area contributed by atoms with Gasteiger partial charge in [-0.3, -0.25) is 4.79 Å². The lowest BCUT2D eigenvalue weighted by Gasteiger charge is -2.11. The fraction of sp³-hybridized carbons (Fsp3) is 0.750. The Labute approximate surface area is 119 Å². The van der Waals surface area contributed by atoms with Crippen molar-refractivity contribution >= 4 is 15.7 Å². The molecule has 0 aromatic carbocycles. The summed E-state index contributed by atoms with van der Waals surface area (Å²) in [7, 11) is -3.36. The zero-order valence-electron chi connectivity index (χ0n) is 12.2. The highest BCUT2D eigenvalue weighted by Gasteiger charge is 2.25. The first-order valence-electron chi connectivity index (χ1n) is 6.59. The van der Waals surface area contributed by atoms with Crippen LogP contribution in [-0.4, -0.2) is 42.0 Å². The molecule has 0 spiro atoms. The largest absolute Gasteiger partial charge is 0.355 e. The van der Waals surface area contributed by atoms with Crippen LogP contribution in [0, 0.1) is 0 Å². The number of nitrogens with one attached hydrogen (secondary N) is 1. The van der Waals surface area contributed by atoms with Gasteiger partial charge in [0.25, 0.3) is 0 Å². The maximum absolute atomic E-state index is 11.7. The van der Waals surface area contributed by atoms with E-state index >= 15 is 0 Å². The summed E-state index contributed by atoms with van der Waals surface area (Å²) in [6.45, 7) is 7.07. The second-order valence-electron chi connectivity index (χ2n) is 4.84. The quantitative estimate of drug-likeness (QED) is 0.794. The molecule has 1 heterocycles. The molecule has 1 amide bonds. The summed E-state index contributed by atoms with van der Waals surface area (Å²) < 4.78 is 28.1. The summed E-state index contributed by atoms with van der Waals surface area (Å²) in [5.74, 6) is 0.651. The average Bonchev–Trinajstić information content (AvgIpc) is 2.86. The van der Waals surface area contributed by atoms with Crippen molar-refractivity contribution in [1.29, 1.82) is 0 Å². The Morgan fingerprint density at radius 2 is 2.00 bits per heavy atom. The molecule has 0 bridgehead atoms. The van der Waals surface area contributed by atoms with Crippen molar-refractivity contribution in [2.24, 2.45) is 0 Å². The summed E-state index contributed by atoms with van der Waals surface area (Å²) in [5, 5.41) is 5.32. The molecule has 0 saturated carbocycles. The molecule has 1 N–H and O–H groups in total. The van der Waals surface area contributed by atoms with Gasteiger partial charge in [-0.15, -0.1) is 0 Å². The van der Waals surface area contributed by atoms with Crippen LogP contribution in [0.3, 0.4) is 0 Å². The Kier molecular flexibility index (Phi) is 5.67. The fourth-order valence-electron chi connectivity index (χ4n) is 1.46. The minimum Gasteiger partial charge on any atom is -0.355 e. The molecular formula is C12H21N3O4S. The molecule has 0 saturated heterocycles. The number of nitrogens with zero attached hydrogens (tertiary/aromatic N) is 2. The summed E-state index contributed by atoms with van der Waals surface area (Å²) in [6.07, 6.45) is 0.404. The van der Waals surface area contributed by atoms with E-state index in [4.69, 9.17) is 4.52 Å². The van der Waals surface area contributed by atoms with E-state index in [2.05, 4.69) is 15.5 Å². The first-order valence-corrected chi connectivity index (χ1v) is 8.31. The standard InChI is InChI=1S/C12H21N3O4S/c1-5-20(17,18)9(4)11(16)13-7-6-10-14-12(8(2)3)19-15-10/h8-9H,5-7H2,1-4H3,(H,13,16)/t9-/m0/s1. The van der Waals surface area contributed by atoms with E-state index in [0.29, 0.717) is 18.1 Å². The molecule has 0 radical (unpaired) electrons. The first kappa shape index (κ1) is 16.6. The van der Waals surface area contributed by atoms with Crippen LogP contribution in [0.5, 0.6) is 0 Å². The van der Waals surface area contributed by atoms with Crippen molar-refractivity contribution in [2.45, 2.75) is 45.3 Å². The summed E-state index contributed by atoms with van der Waals surface area (Å²) in [4.78, 5) is 15.9. The molecule has 20 heavy (non-hydrogen) atoms. The van der Waals surface area contributed by atoms with Crippen LogP contribution in [0.15, 0.2) is 4.52 Å². The second-order valence-corrected chi connectivity index (χ2v) is 7.45. The van der Waals surface area contributed by atoms with Gasteiger partial charge in [-0.25, -0.2) is 8.42 Å². The van der Waals surface area contributed by atoms with Gasteiger partial charge in [0, 0.05) is 24.6 Å². The number of hydrogen-bond donors (Lipinski definition) is 1. The number of sulfone groups is 1. The van der Waals surface area contributed by atoms with Crippen molar-refractivity contribution in [2.75, 3.05) is 12.3 Å². The molecule has 8 heteroatoms. The minimum atomic E-state index is -3.36. The van der Waals surface area contributed by atoms with E-state index in [1.165, 1.54) is 13.8 Å². The second kappa shape index (κ2) is 6.83. The molecule has 7 nitrogen and oxygen atoms in total. The lowest BCUT2D eigenvalue weighted by atomic mass is 10.2. The van der Waals surface area contributed by atoms with E-state index < -0.39 is 21.0 Å². The van der Waals surface area contributed by atoms with Gasteiger partial charge in [-0.1, -0.05) is 25.9 Å². The predicted molar refractivity (Wildman–Crippen MR) is 74.0 cm³/mol. The van der Waals surface area contributed by atoms with Gasteiger partial charge in [0.1, 0.15) is 5.25 Å². The minimum absolute atomic E-state index is 0.0514. The average molecular weight is 303 g/mol. The molecule has 1 rings (SSSR count). The third-order valence-electron chi connectivity index (χ3n) is 2.94. The maximum atomic E-state index is 11.7. The highest BCUT2D eigenvalue weighted by Crippen LogP contribution is 2.10. The molecule has 0 aliphatic heterocycles. The summed E-state index contributed by atoms with van der Waals surface area (Å²) in [5.41, 5.74) is 0. The van der Waals surface area contributed by atoms with Gasteiger partial charge >= 0.3 is 0 Å². The van der Waals surface area contributed by atoms with Crippen LogP contribution < -0.4 is 5.32 Å². The topological polar surface area (TPSA) is 102 Å². The van der Waals surface area contributed by atoms with E-state index in [1.807, 2.05) is 13.8 Å². The van der Waals surface area contributed by atoms with E-state index in [1.54, 1.807) is 0 Å². The molecule has 1 atom stereocenters. The normalized spacial score (nSPS) is 13.4. The monoisotopic (exact) mass is 303 g/mol. The Hall–Kier alpha value is -1.44. The van der Waals surface area contributed by atoms with Crippen LogP contribution in [0.2, 0.25) is 0 Å². The lowest BCUT2D eigenvalue weighted by Crippen LogP contribution is -2.39. The number of carbonyl (C=O) groups is 1. The molecule has 0 fully saturated rings. The molecule has 0 unspecified atom stereocenters. The Bertz CT molecular complexity index is 551. The summed E-state index contributed by atoms with van der Waals surface area (Å²) in [6, 6.07) is 0. The van der Waals surface area contributed by atoms with Crippen LogP contribution in [0.4, 0.5) is 0 Å². The van der Waals surface area contributed by atoms with E-state index in [9.17, 15) is 13.2 Å². The van der Waals surface area contributed by atoms with Gasteiger partial charge in [0.15, 0.2) is 15.7 Å². The Morgan fingerprint density at radius 3 is 2.50 bits per heavy atom. The molecule has 0 aliphatic carbocycles. The lowest BCUT2D eigenvalue weighted by molar-refractivity contribution is -0.120. The van der Waals surface area contributed by atoms with Crippen LogP contribution in [0.25, 0.3) is 0 Å². The van der Waals surface area contributed by atoms with Crippen molar-refractivity contribution in [3.05, 3.63) is 11.7 Å². The van der Waals surface area contributed by atoms with Gasteiger partial charge in [-0.05, 0) is 6.92 Å². The van der Waals surface area contributed by atoms with Gasteiger partial charge in [0.2, 0.25) is 11.8 Å². The zero-order chi connectivity index (χ0) is 15.3. The molecular weight excluding hydrogens is 282 g/mol. The Morgan fingerprint density at radius 1 is 1.35 bits per heavy atom. The van der Waals surface area contributed by atoms with Crippen molar-refractivity contribution in [3.63, 3.8) is 0 Å². The van der Waals surface area contributed by atoms with Crippen molar-refractivity contribution < 1.29 is 17.7 Å². The van der Waals surface area contributed by atoms with Crippen LogP contribution in [0.1, 0.15) is 45.3 Å². The molecule has 0 aliphatic rings. The zero-order valence-corrected chi connectivity index (χ0v) is 13.0. The van der Waals surface area contributed by atoms with Crippen molar-refractivity contribution in [3.8, 4) is 0 Å². The van der Waals surface area contributed by atoms with E-state index in [-0.39, 0.29) is 18.2 Å². The third-order valence-corrected chi connectivity index (χ3v) is 5.03. The highest BCUT2D eigenvalue weighted by atomic mass is 32.2. The third kappa shape index (κ3) is 4.29. The maximum Gasteiger partial charge on any atom is 0.238 e. The number of aromatic nitrogens is 2. The number of amides is 1. The smallest absolute Gasteiger partial charge is 0.238 e. The molecule has 114 valence electrons. The summed E-state index contributed by atoms with van der Waals surface area (Å²) >= 11 is 0. The van der Waals surface area contributed by atoms with Crippen molar-refractivity contribution in [1.82, 2.24) is 15.5 Å². The number of hydrogen-bond acceptors (Lipinski definition) is 6. The van der Waals surface area contributed by atoms with Gasteiger partial charge in [0.05, 0.1) is 0 Å². The first-order chi connectivity index (χ1) is 9.27. The van der Waals surface area contributed by atoms with Gasteiger partial charge < -0.3 is 9.84 Å². The predicted octanol–water partition coefficient (Wildman–Crippen LogP) is 0.675. The molecule has 1 aromatic heterocycles. The van der Waals surface area contributed by atoms with Crippen LogP contribution >= 0.6 is 0 Å². The van der Waals surface area contributed by atoms with Crippen LogP contribution in [-0.2, 0) is 21.1 Å². The fourth-order valence-corrected chi connectivity index (χ4v) is 2.37. The number of rotatable bonds is 7. The number of carbonyl (C=O) groups excluding carboxylic acids is 1. The van der Waals surface area contributed by atoms with E-state index in [0.717, 1.165) is 0 Å². The Balaban J connectivity index is 2.46. The molecule has 1 aromatic rings.